The summed E-state index contributed by atoms with van der Waals surface area (Å²) in [6, 6.07) is 19.2. The highest BCUT2D eigenvalue weighted by atomic mass is 16.2. The number of carbonyl (C=O) groups is 2. The molecule has 3 heterocycles. The van der Waals surface area contributed by atoms with Gasteiger partial charge in [-0.2, -0.15) is 0 Å². The molecule has 0 aliphatic heterocycles. The first kappa shape index (κ1) is 17.7. The van der Waals surface area contributed by atoms with E-state index in [9.17, 15) is 9.59 Å². The smallest absolute Gasteiger partial charge is 0.294 e. The second-order valence-electron chi connectivity index (χ2n) is 6.64. The van der Waals surface area contributed by atoms with Crippen LogP contribution in [0, 0.1) is 6.92 Å². The number of fused-ring (bicyclic) bond motifs is 1. The molecule has 138 valence electrons. The number of aromatic nitrogens is 2. The summed E-state index contributed by atoms with van der Waals surface area (Å²) in [6.45, 7) is 2.26. The standard InChI is InChI=1S/C23H19N3O2/c1-16-7-9-18(10-8-16)20-13-19-6-2-3-12-26(19)21(20)22(27)23(28)25-15-17-5-4-11-24-14-17/h2-14H,15H2,1H3,(H,25,28). The number of benzene rings is 1. The van der Waals surface area contributed by atoms with Gasteiger partial charge >= 0.3 is 0 Å². The van der Waals surface area contributed by atoms with Crippen LogP contribution in [-0.4, -0.2) is 21.1 Å². The molecule has 4 aromatic rings. The zero-order chi connectivity index (χ0) is 19.5. The van der Waals surface area contributed by atoms with Gasteiger partial charge in [0, 0.05) is 36.2 Å². The summed E-state index contributed by atoms with van der Waals surface area (Å²) in [5, 5.41) is 2.70. The topological polar surface area (TPSA) is 63.5 Å². The van der Waals surface area contributed by atoms with Crippen LogP contribution in [0.5, 0.6) is 0 Å². The van der Waals surface area contributed by atoms with Crippen molar-refractivity contribution in [2.24, 2.45) is 0 Å². The maximum Gasteiger partial charge on any atom is 0.294 e. The largest absolute Gasteiger partial charge is 0.345 e. The molecule has 1 aromatic carbocycles. The van der Waals surface area contributed by atoms with Crippen LogP contribution in [0.4, 0.5) is 0 Å². The van der Waals surface area contributed by atoms with Gasteiger partial charge in [-0.25, -0.2) is 0 Å². The van der Waals surface area contributed by atoms with Gasteiger partial charge in [0.15, 0.2) is 0 Å². The molecule has 0 saturated carbocycles. The molecule has 0 aliphatic carbocycles. The summed E-state index contributed by atoms with van der Waals surface area (Å²) >= 11 is 0. The number of pyridine rings is 2. The number of hydrogen-bond donors (Lipinski definition) is 1. The zero-order valence-corrected chi connectivity index (χ0v) is 15.4. The SMILES string of the molecule is Cc1ccc(-c2cc3ccccn3c2C(=O)C(=O)NCc2cccnc2)cc1. The van der Waals surface area contributed by atoms with E-state index in [1.54, 1.807) is 29.1 Å². The Hall–Kier alpha value is -3.73. The number of amides is 1. The van der Waals surface area contributed by atoms with E-state index < -0.39 is 11.7 Å². The maximum atomic E-state index is 13.1. The highest BCUT2D eigenvalue weighted by Crippen LogP contribution is 2.28. The average Bonchev–Trinajstić information content (AvgIpc) is 3.12. The molecule has 0 fully saturated rings. The third kappa shape index (κ3) is 3.42. The van der Waals surface area contributed by atoms with E-state index in [0.29, 0.717) is 5.69 Å². The van der Waals surface area contributed by atoms with Crippen LogP contribution in [0.1, 0.15) is 21.6 Å². The first-order chi connectivity index (χ1) is 13.6. The summed E-state index contributed by atoms with van der Waals surface area (Å²) in [5.41, 5.74) is 4.84. The second-order valence-corrected chi connectivity index (χ2v) is 6.64. The Morgan fingerprint density at radius 2 is 1.86 bits per heavy atom. The Bertz CT molecular complexity index is 1150. The van der Waals surface area contributed by atoms with Crippen molar-refractivity contribution in [2.45, 2.75) is 13.5 Å². The van der Waals surface area contributed by atoms with E-state index in [1.807, 2.05) is 61.5 Å². The lowest BCUT2D eigenvalue weighted by Crippen LogP contribution is -2.31. The van der Waals surface area contributed by atoms with Gasteiger partial charge in [0.2, 0.25) is 0 Å². The molecule has 5 heteroatoms. The summed E-state index contributed by atoms with van der Waals surface area (Å²) < 4.78 is 1.77. The minimum Gasteiger partial charge on any atom is -0.345 e. The fourth-order valence-electron chi connectivity index (χ4n) is 3.18. The summed E-state index contributed by atoms with van der Waals surface area (Å²) in [5.74, 6) is -1.20. The maximum absolute atomic E-state index is 13.1. The summed E-state index contributed by atoms with van der Waals surface area (Å²) in [6.07, 6.45) is 5.13. The van der Waals surface area contributed by atoms with Crippen molar-refractivity contribution in [2.75, 3.05) is 0 Å². The number of nitrogens with zero attached hydrogens (tertiary/aromatic N) is 2. The third-order valence-electron chi connectivity index (χ3n) is 4.64. The van der Waals surface area contributed by atoms with Gasteiger partial charge in [-0.3, -0.25) is 14.6 Å². The molecule has 0 aliphatic rings. The molecule has 28 heavy (non-hydrogen) atoms. The zero-order valence-electron chi connectivity index (χ0n) is 15.4. The Kier molecular flexibility index (Phi) is 4.72. The predicted molar refractivity (Wildman–Crippen MR) is 108 cm³/mol. The molecule has 5 nitrogen and oxygen atoms in total. The van der Waals surface area contributed by atoms with Gasteiger partial charge in [-0.1, -0.05) is 42.0 Å². The first-order valence-electron chi connectivity index (χ1n) is 9.02. The first-order valence-corrected chi connectivity index (χ1v) is 9.02. The van der Waals surface area contributed by atoms with Crippen LogP contribution in [0.2, 0.25) is 0 Å². The quantitative estimate of drug-likeness (QED) is 0.430. The molecule has 4 rings (SSSR count). The minimum absolute atomic E-state index is 0.252. The third-order valence-corrected chi connectivity index (χ3v) is 4.64. The molecular weight excluding hydrogens is 350 g/mol. The molecule has 0 bridgehead atoms. The van der Waals surface area contributed by atoms with Crippen molar-refractivity contribution in [3.8, 4) is 11.1 Å². The monoisotopic (exact) mass is 369 g/mol. The van der Waals surface area contributed by atoms with Crippen LogP contribution in [0.25, 0.3) is 16.6 Å². The van der Waals surface area contributed by atoms with Crippen molar-refractivity contribution in [1.82, 2.24) is 14.7 Å². The van der Waals surface area contributed by atoms with E-state index in [2.05, 4.69) is 10.3 Å². The predicted octanol–water partition coefficient (Wildman–Crippen LogP) is 3.81. The van der Waals surface area contributed by atoms with Crippen LogP contribution in [0.15, 0.2) is 79.3 Å². The minimum atomic E-state index is -0.638. The lowest BCUT2D eigenvalue weighted by Gasteiger charge is -2.08. The van der Waals surface area contributed by atoms with E-state index >= 15 is 0 Å². The fourth-order valence-corrected chi connectivity index (χ4v) is 3.18. The Morgan fingerprint density at radius 3 is 2.61 bits per heavy atom. The molecular formula is C23H19N3O2. The molecule has 1 amide bonds. The average molecular weight is 369 g/mol. The van der Waals surface area contributed by atoms with Gasteiger partial charge in [0.1, 0.15) is 5.69 Å². The van der Waals surface area contributed by atoms with Gasteiger partial charge in [0.25, 0.3) is 11.7 Å². The Morgan fingerprint density at radius 1 is 1.04 bits per heavy atom. The molecule has 1 N–H and O–H groups in total. The van der Waals surface area contributed by atoms with E-state index in [-0.39, 0.29) is 6.54 Å². The number of rotatable bonds is 5. The second kappa shape index (κ2) is 7.48. The van der Waals surface area contributed by atoms with Gasteiger partial charge < -0.3 is 9.72 Å². The molecule has 0 saturated heterocycles. The Labute approximate surface area is 162 Å². The number of aryl methyl sites for hydroxylation is 1. The highest BCUT2D eigenvalue weighted by Gasteiger charge is 2.24. The number of carbonyl (C=O) groups excluding carboxylic acids is 2. The van der Waals surface area contributed by atoms with Crippen molar-refractivity contribution in [3.63, 3.8) is 0 Å². The van der Waals surface area contributed by atoms with Crippen LogP contribution in [0.3, 0.4) is 0 Å². The molecule has 0 atom stereocenters. The number of ketones is 1. The van der Waals surface area contributed by atoms with Crippen molar-refractivity contribution in [3.05, 3.63) is 96.1 Å². The van der Waals surface area contributed by atoms with E-state index in [0.717, 1.165) is 27.8 Å². The number of nitrogens with one attached hydrogen (secondary N) is 1. The fraction of sp³-hybridized carbons (Fsp3) is 0.0870. The van der Waals surface area contributed by atoms with Crippen molar-refractivity contribution in [1.29, 1.82) is 0 Å². The van der Waals surface area contributed by atoms with Crippen LogP contribution < -0.4 is 5.32 Å². The molecule has 0 radical (unpaired) electrons. The highest BCUT2D eigenvalue weighted by molar-refractivity contribution is 6.43. The van der Waals surface area contributed by atoms with Gasteiger partial charge in [0.05, 0.1) is 0 Å². The lowest BCUT2D eigenvalue weighted by molar-refractivity contribution is -0.117. The normalized spacial score (nSPS) is 10.8. The molecule has 0 unspecified atom stereocenters. The van der Waals surface area contributed by atoms with E-state index in [1.165, 1.54) is 0 Å². The van der Waals surface area contributed by atoms with E-state index in [4.69, 9.17) is 0 Å². The Balaban J connectivity index is 1.70. The van der Waals surface area contributed by atoms with Crippen molar-refractivity contribution >= 4 is 17.2 Å². The van der Waals surface area contributed by atoms with Gasteiger partial charge in [-0.15, -0.1) is 0 Å². The van der Waals surface area contributed by atoms with Crippen LogP contribution in [-0.2, 0) is 11.3 Å². The summed E-state index contributed by atoms with van der Waals surface area (Å²) in [7, 11) is 0. The number of Topliss-reactive ketones (excluding diaryl/α,β-unsaturated/α-hetero) is 1. The van der Waals surface area contributed by atoms with Crippen molar-refractivity contribution < 1.29 is 9.59 Å². The van der Waals surface area contributed by atoms with Crippen LogP contribution >= 0.6 is 0 Å². The molecule has 0 spiro atoms. The van der Waals surface area contributed by atoms with Gasteiger partial charge in [-0.05, 0) is 42.3 Å². The molecule has 3 aromatic heterocycles. The summed E-state index contributed by atoms with van der Waals surface area (Å²) in [4.78, 5) is 29.7. The lowest BCUT2D eigenvalue weighted by atomic mass is 10.0. The number of hydrogen-bond acceptors (Lipinski definition) is 3.